The summed E-state index contributed by atoms with van der Waals surface area (Å²) in [6.45, 7) is 3.25. The van der Waals surface area contributed by atoms with Gasteiger partial charge in [-0.3, -0.25) is 14.8 Å². The van der Waals surface area contributed by atoms with E-state index in [9.17, 15) is 4.79 Å². The summed E-state index contributed by atoms with van der Waals surface area (Å²) in [4.78, 5) is 19.0. The minimum absolute atomic E-state index is 0.419. The Morgan fingerprint density at radius 3 is 2.46 bits per heavy atom. The summed E-state index contributed by atoms with van der Waals surface area (Å²) in [5, 5.41) is 0. The van der Waals surface area contributed by atoms with E-state index in [0.717, 1.165) is 0 Å². The van der Waals surface area contributed by atoms with Crippen molar-refractivity contribution in [3.05, 3.63) is 23.8 Å². The van der Waals surface area contributed by atoms with Gasteiger partial charge in [0.1, 0.15) is 5.54 Å². The van der Waals surface area contributed by atoms with Crippen LogP contribution in [-0.2, 0) is 10.3 Å². The number of aryl methyl sites for hydroxylation is 1. The molecule has 0 radical (unpaired) electrons. The van der Waals surface area contributed by atoms with Crippen molar-refractivity contribution in [2.45, 2.75) is 19.4 Å². The lowest BCUT2D eigenvalue weighted by atomic mass is 9.96. The molecule has 0 saturated heterocycles. The molecule has 1 amide bonds. The Kier molecular flexibility index (Phi) is 2.29. The standard InChI is InChI=1S/C8H12N4O/c1-5-6(12-4-3-11-5)8(2,10)7(9)13/h3-4H,10H2,1-2H3,(H2,9,13). The van der Waals surface area contributed by atoms with E-state index >= 15 is 0 Å². The van der Waals surface area contributed by atoms with E-state index in [1.165, 1.54) is 19.3 Å². The van der Waals surface area contributed by atoms with E-state index in [1.807, 2.05) is 0 Å². The second-order valence-corrected chi connectivity index (χ2v) is 3.06. The predicted octanol–water partition coefficient (Wildman–Crippen LogP) is -0.556. The van der Waals surface area contributed by atoms with Crippen LogP contribution < -0.4 is 11.5 Å². The molecule has 1 aromatic rings. The molecule has 0 aliphatic heterocycles. The zero-order chi connectivity index (χ0) is 10.1. The second kappa shape index (κ2) is 3.10. The predicted molar refractivity (Wildman–Crippen MR) is 47.5 cm³/mol. The van der Waals surface area contributed by atoms with Gasteiger partial charge in [0.15, 0.2) is 0 Å². The summed E-state index contributed by atoms with van der Waals surface area (Å²) in [7, 11) is 0. The normalized spacial score (nSPS) is 15.0. The molecule has 1 rings (SSSR count). The highest BCUT2D eigenvalue weighted by molar-refractivity contribution is 5.85. The third kappa shape index (κ3) is 1.65. The van der Waals surface area contributed by atoms with Crippen molar-refractivity contribution in [2.24, 2.45) is 11.5 Å². The van der Waals surface area contributed by atoms with Crippen LogP contribution in [0, 0.1) is 6.92 Å². The van der Waals surface area contributed by atoms with Crippen LogP contribution in [0.2, 0.25) is 0 Å². The van der Waals surface area contributed by atoms with Crippen molar-refractivity contribution in [1.29, 1.82) is 0 Å². The molecule has 1 atom stereocenters. The van der Waals surface area contributed by atoms with Crippen LogP contribution in [-0.4, -0.2) is 15.9 Å². The molecule has 4 N–H and O–H groups in total. The summed E-state index contributed by atoms with van der Waals surface area (Å²) in [6.07, 6.45) is 3.02. The Hall–Kier alpha value is -1.49. The van der Waals surface area contributed by atoms with Crippen molar-refractivity contribution < 1.29 is 4.79 Å². The molecule has 5 heteroatoms. The van der Waals surface area contributed by atoms with Crippen LogP contribution >= 0.6 is 0 Å². The molecule has 0 aliphatic carbocycles. The SMILES string of the molecule is Cc1nccnc1C(C)(N)C(N)=O. The van der Waals surface area contributed by atoms with Gasteiger partial charge in [-0.15, -0.1) is 0 Å². The summed E-state index contributed by atoms with van der Waals surface area (Å²) in [5.74, 6) is -0.615. The van der Waals surface area contributed by atoms with E-state index in [4.69, 9.17) is 11.5 Å². The van der Waals surface area contributed by atoms with Crippen LogP contribution in [0.15, 0.2) is 12.4 Å². The maximum atomic E-state index is 11.0. The number of nitrogens with zero attached hydrogens (tertiary/aromatic N) is 2. The number of rotatable bonds is 2. The van der Waals surface area contributed by atoms with Gasteiger partial charge in [-0.1, -0.05) is 0 Å². The Morgan fingerprint density at radius 1 is 1.46 bits per heavy atom. The minimum Gasteiger partial charge on any atom is -0.368 e. The Bertz CT molecular complexity index is 335. The molecular formula is C8H12N4O. The van der Waals surface area contributed by atoms with Gasteiger partial charge in [0.25, 0.3) is 0 Å². The number of primary amides is 1. The fraction of sp³-hybridized carbons (Fsp3) is 0.375. The highest BCUT2D eigenvalue weighted by Crippen LogP contribution is 2.16. The molecule has 13 heavy (non-hydrogen) atoms. The van der Waals surface area contributed by atoms with E-state index in [0.29, 0.717) is 11.4 Å². The number of hydrogen-bond acceptors (Lipinski definition) is 4. The molecule has 0 spiro atoms. The van der Waals surface area contributed by atoms with Gasteiger partial charge >= 0.3 is 0 Å². The average Bonchev–Trinajstić information content (AvgIpc) is 2.04. The highest BCUT2D eigenvalue weighted by Gasteiger charge is 2.31. The fourth-order valence-corrected chi connectivity index (χ4v) is 1.03. The van der Waals surface area contributed by atoms with Gasteiger partial charge < -0.3 is 11.5 Å². The first-order valence-electron chi connectivity index (χ1n) is 3.83. The summed E-state index contributed by atoms with van der Waals surface area (Å²) in [5.41, 5.74) is 10.6. The van der Waals surface area contributed by atoms with Crippen molar-refractivity contribution in [3.63, 3.8) is 0 Å². The Balaban J connectivity index is 3.22. The molecule has 0 aromatic carbocycles. The van der Waals surface area contributed by atoms with Gasteiger partial charge in [0.05, 0.1) is 11.4 Å². The lowest BCUT2D eigenvalue weighted by molar-refractivity contribution is -0.123. The molecule has 1 aromatic heterocycles. The van der Waals surface area contributed by atoms with Crippen molar-refractivity contribution in [1.82, 2.24) is 9.97 Å². The smallest absolute Gasteiger partial charge is 0.243 e. The quantitative estimate of drug-likeness (QED) is 0.638. The third-order valence-electron chi connectivity index (χ3n) is 1.88. The second-order valence-electron chi connectivity index (χ2n) is 3.06. The maximum Gasteiger partial charge on any atom is 0.243 e. The minimum atomic E-state index is -1.25. The fourth-order valence-electron chi connectivity index (χ4n) is 1.03. The lowest BCUT2D eigenvalue weighted by Crippen LogP contribution is -2.47. The maximum absolute atomic E-state index is 11.0. The molecule has 70 valence electrons. The molecule has 0 fully saturated rings. The van der Waals surface area contributed by atoms with Gasteiger partial charge in [-0.2, -0.15) is 0 Å². The summed E-state index contributed by atoms with van der Waals surface area (Å²) < 4.78 is 0. The van der Waals surface area contributed by atoms with Crippen molar-refractivity contribution >= 4 is 5.91 Å². The first-order chi connectivity index (χ1) is 5.96. The monoisotopic (exact) mass is 180 g/mol. The molecular weight excluding hydrogens is 168 g/mol. The number of aromatic nitrogens is 2. The molecule has 0 aliphatic rings. The first-order valence-corrected chi connectivity index (χ1v) is 3.83. The van der Waals surface area contributed by atoms with Gasteiger partial charge in [-0.25, -0.2) is 0 Å². The Morgan fingerprint density at radius 2 is 2.00 bits per heavy atom. The van der Waals surface area contributed by atoms with Gasteiger partial charge in [-0.05, 0) is 13.8 Å². The summed E-state index contributed by atoms with van der Waals surface area (Å²) in [6, 6.07) is 0. The average molecular weight is 180 g/mol. The number of amides is 1. The van der Waals surface area contributed by atoms with E-state index in [2.05, 4.69) is 9.97 Å². The van der Waals surface area contributed by atoms with Crippen LogP contribution in [0.5, 0.6) is 0 Å². The molecule has 0 saturated carbocycles. The highest BCUT2D eigenvalue weighted by atomic mass is 16.1. The van der Waals surface area contributed by atoms with Crippen LogP contribution in [0.25, 0.3) is 0 Å². The largest absolute Gasteiger partial charge is 0.368 e. The molecule has 1 heterocycles. The van der Waals surface area contributed by atoms with Gasteiger partial charge in [0, 0.05) is 12.4 Å². The zero-order valence-electron chi connectivity index (χ0n) is 7.61. The topological polar surface area (TPSA) is 94.9 Å². The molecule has 0 bridgehead atoms. The Labute approximate surface area is 76.2 Å². The van der Waals surface area contributed by atoms with E-state index in [-0.39, 0.29) is 0 Å². The van der Waals surface area contributed by atoms with Crippen LogP contribution in [0.1, 0.15) is 18.3 Å². The summed E-state index contributed by atoms with van der Waals surface area (Å²) >= 11 is 0. The molecule has 5 nitrogen and oxygen atoms in total. The number of nitrogens with two attached hydrogens (primary N) is 2. The van der Waals surface area contributed by atoms with Crippen LogP contribution in [0.3, 0.4) is 0 Å². The number of carbonyl (C=O) groups is 1. The number of carbonyl (C=O) groups excluding carboxylic acids is 1. The van der Waals surface area contributed by atoms with Crippen molar-refractivity contribution in [3.8, 4) is 0 Å². The third-order valence-corrected chi connectivity index (χ3v) is 1.88. The molecule has 1 unspecified atom stereocenters. The van der Waals surface area contributed by atoms with Crippen molar-refractivity contribution in [2.75, 3.05) is 0 Å². The van der Waals surface area contributed by atoms with E-state index in [1.54, 1.807) is 6.92 Å². The van der Waals surface area contributed by atoms with Gasteiger partial charge in [0.2, 0.25) is 5.91 Å². The zero-order valence-corrected chi connectivity index (χ0v) is 7.61. The van der Waals surface area contributed by atoms with Crippen LogP contribution in [0.4, 0.5) is 0 Å². The van der Waals surface area contributed by atoms with E-state index < -0.39 is 11.4 Å². The first kappa shape index (κ1) is 9.60. The number of hydrogen-bond donors (Lipinski definition) is 2. The lowest BCUT2D eigenvalue weighted by Gasteiger charge is -2.20.